The second-order valence-corrected chi connectivity index (χ2v) is 8.60. The highest BCUT2D eigenvalue weighted by atomic mass is 32.1. The highest BCUT2D eigenvalue weighted by Crippen LogP contribution is 2.37. The molecule has 9 heteroatoms. The molecule has 2 aromatic heterocycles. The number of halogens is 2. The average Bonchev–Trinajstić information content (AvgIpc) is 3.52. The van der Waals surface area contributed by atoms with E-state index >= 15 is 0 Å². The van der Waals surface area contributed by atoms with E-state index in [-0.39, 0.29) is 24.0 Å². The van der Waals surface area contributed by atoms with Crippen molar-refractivity contribution in [1.82, 2.24) is 14.7 Å². The molecular formula is C24H19F2N3O3S. The summed E-state index contributed by atoms with van der Waals surface area (Å²) >= 11 is 1.47. The summed E-state index contributed by atoms with van der Waals surface area (Å²) in [6.45, 7) is 0.335. The number of carbonyl (C=O) groups is 1. The van der Waals surface area contributed by atoms with Crippen molar-refractivity contribution in [2.24, 2.45) is 0 Å². The molecule has 0 unspecified atom stereocenters. The Bertz CT molecular complexity index is 1270. The van der Waals surface area contributed by atoms with Gasteiger partial charge in [0.25, 0.3) is 5.91 Å². The van der Waals surface area contributed by atoms with Crippen LogP contribution in [0.25, 0.3) is 16.3 Å². The number of aromatic nitrogens is 2. The Morgan fingerprint density at radius 2 is 1.88 bits per heavy atom. The third-order valence-electron chi connectivity index (χ3n) is 5.42. The summed E-state index contributed by atoms with van der Waals surface area (Å²) in [5.74, 6) is -1.38. The van der Waals surface area contributed by atoms with Gasteiger partial charge in [0.05, 0.1) is 10.6 Å². The highest BCUT2D eigenvalue weighted by molar-refractivity contribution is 7.13. The van der Waals surface area contributed by atoms with E-state index in [1.807, 2.05) is 17.5 Å². The summed E-state index contributed by atoms with van der Waals surface area (Å²) in [7, 11) is 0. The van der Waals surface area contributed by atoms with Crippen molar-refractivity contribution < 1.29 is 23.4 Å². The lowest BCUT2D eigenvalue weighted by atomic mass is 10.1. The van der Waals surface area contributed by atoms with Crippen LogP contribution in [-0.4, -0.2) is 38.8 Å². The van der Waals surface area contributed by atoms with Gasteiger partial charge in [-0.05, 0) is 47.7 Å². The normalized spacial score (nSPS) is 16.0. The lowest BCUT2D eigenvalue weighted by Crippen LogP contribution is -2.30. The van der Waals surface area contributed by atoms with Gasteiger partial charge >= 0.3 is 0 Å². The van der Waals surface area contributed by atoms with Gasteiger partial charge in [0.15, 0.2) is 6.23 Å². The first kappa shape index (κ1) is 21.3. The summed E-state index contributed by atoms with van der Waals surface area (Å²) < 4.78 is 34.9. The molecule has 0 aliphatic carbocycles. The first-order valence-corrected chi connectivity index (χ1v) is 11.1. The Morgan fingerprint density at radius 1 is 1.12 bits per heavy atom. The van der Waals surface area contributed by atoms with E-state index < -0.39 is 17.9 Å². The quantitative estimate of drug-likeness (QED) is 0.447. The van der Waals surface area contributed by atoms with Crippen molar-refractivity contribution >= 4 is 17.2 Å². The molecule has 0 radical (unpaired) electrons. The maximum Gasteiger partial charge on any atom is 0.250 e. The fourth-order valence-corrected chi connectivity index (χ4v) is 4.57. The second-order valence-electron chi connectivity index (χ2n) is 7.65. The number of phenols is 1. The predicted octanol–water partition coefficient (Wildman–Crippen LogP) is 4.68. The summed E-state index contributed by atoms with van der Waals surface area (Å²) in [6, 6.07) is 13.8. The maximum atomic E-state index is 13.8. The van der Waals surface area contributed by atoms with Crippen LogP contribution < -0.4 is 0 Å². The van der Waals surface area contributed by atoms with Crippen molar-refractivity contribution in [1.29, 1.82) is 0 Å². The standard InChI is InChI=1S/C24H19F2N3O3S/c25-16-10-17(26)12-18(11-16)29-13-20(23(27-29)21-2-1-9-33-21)24-28(22(31)14-32-24)8-7-15-3-5-19(30)6-4-15/h1-6,9-13,24,30H,7-8,14H2/t24-/m1/s1. The van der Waals surface area contributed by atoms with Crippen LogP contribution in [0.2, 0.25) is 0 Å². The van der Waals surface area contributed by atoms with Gasteiger partial charge in [0.1, 0.15) is 29.7 Å². The SMILES string of the molecule is O=C1CO[C@H](c2cn(-c3cc(F)cc(F)c3)nc2-c2cccs2)N1CCc1ccc(O)cc1. The van der Waals surface area contributed by atoms with Crippen LogP contribution >= 0.6 is 11.3 Å². The number of phenolic OH excluding ortho intramolecular Hbond substituents is 1. The molecule has 0 spiro atoms. The molecular weight excluding hydrogens is 448 g/mol. The van der Waals surface area contributed by atoms with Crippen molar-refractivity contribution in [3.8, 4) is 22.0 Å². The predicted molar refractivity (Wildman–Crippen MR) is 119 cm³/mol. The third kappa shape index (κ3) is 4.37. The van der Waals surface area contributed by atoms with Crippen molar-refractivity contribution in [3.63, 3.8) is 0 Å². The molecule has 2 aromatic carbocycles. The largest absolute Gasteiger partial charge is 0.508 e. The summed E-state index contributed by atoms with van der Waals surface area (Å²) in [4.78, 5) is 15.1. The minimum atomic E-state index is -0.706. The van der Waals surface area contributed by atoms with E-state index in [2.05, 4.69) is 5.10 Å². The van der Waals surface area contributed by atoms with Gasteiger partial charge in [-0.3, -0.25) is 4.79 Å². The van der Waals surface area contributed by atoms with Gasteiger partial charge < -0.3 is 14.7 Å². The number of carbonyl (C=O) groups excluding carboxylic acids is 1. The van der Waals surface area contributed by atoms with Crippen LogP contribution in [-0.2, 0) is 16.0 Å². The number of ether oxygens (including phenoxy) is 1. The Labute approximate surface area is 192 Å². The van der Waals surface area contributed by atoms with Gasteiger partial charge in [-0.1, -0.05) is 18.2 Å². The minimum absolute atomic E-state index is 0.0656. The van der Waals surface area contributed by atoms with Gasteiger partial charge in [-0.2, -0.15) is 5.10 Å². The van der Waals surface area contributed by atoms with Crippen molar-refractivity contribution in [2.75, 3.05) is 13.2 Å². The third-order valence-corrected chi connectivity index (χ3v) is 6.30. The smallest absolute Gasteiger partial charge is 0.250 e. The molecule has 0 bridgehead atoms. The minimum Gasteiger partial charge on any atom is -0.508 e. The molecule has 6 nitrogen and oxygen atoms in total. The summed E-state index contributed by atoms with van der Waals surface area (Å²) in [5.41, 5.74) is 2.43. The number of nitrogens with zero attached hydrogens (tertiary/aromatic N) is 3. The van der Waals surface area contributed by atoms with E-state index in [0.717, 1.165) is 16.5 Å². The van der Waals surface area contributed by atoms with Crippen LogP contribution in [0.5, 0.6) is 5.75 Å². The van der Waals surface area contributed by atoms with E-state index in [0.29, 0.717) is 24.2 Å². The Balaban J connectivity index is 1.50. The molecule has 1 amide bonds. The number of hydrogen-bond acceptors (Lipinski definition) is 5. The molecule has 33 heavy (non-hydrogen) atoms. The molecule has 0 saturated carbocycles. The van der Waals surface area contributed by atoms with Crippen molar-refractivity contribution in [2.45, 2.75) is 12.6 Å². The average molecular weight is 467 g/mol. The second kappa shape index (κ2) is 8.76. The number of aromatic hydroxyl groups is 1. The summed E-state index contributed by atoms with van der Waals surface area (Å²) in [6.07, 6.45) is 1.54. The van der Waals surface area contributed by atoms with Crippen LogP contribution in [0.4, 0.5) is 8.78 Å². The fraction of sp³-hybridized carbons (Fsp3) is 0.167. The zero-order chi connectivity index (χ0) is 22.9. The fourth-order valence-electron chi connectivity index (χ4n) is 3.84. The first-order chi connectivity index (χ1) is 16.0. The van der Waals surface area contributed by atoms with Gasteiger partial charge in [-0.15, -0.1) is 11.3 Å². The maximum absolute atomic E-state index is 13.8. The Morgan fingerprint density at radius 3 is 2.58 bits per heavy atom. The molecule has 1 N–H and O–H groups in total. The van der Waals surface area contributed by atoms with E-state index in [1.165, 1.54) is 28.2 Å². The Hall–Kier alpha value is -3.56. The number of amides is 1. The molecule has 3 heterocycles. The zero-order valence-electron chi connectivity index (χ0n) is 17.3. The lowest BCUT2D eigenvalue weighted by Gasteiger charge is -2.23. The molecule has 1 fully saturated rings. The van der Waals surface area contributed by atoms with Crippen LogP contribution in [0, 0.1) is 11.6 Å². The monoisotopic (exact) mass is 467 g/mol. The first-order valence-electron chi connectivity index (χ1n) is 10.3. The molecule has 1 aliphatic rings. The van der Waals surface area contributed by atoms with E-state index in [4.69, 9.17) is 4.74 Å². The van der Waals surface area contributed by atoms with Crippen LogP contribution in [0.3, 0.4) is 0 Å². The zero-order valence-corrected chi connectivity index (χ0v) is 18.1. The highest BCUT2D eigenvalue weighted by Gasteiger charge is 2.36. The molecule has 4 aromatic rings. The van der Waals surface area contributed by atoms with Gasteiger partial charge in [0.2, 0.25) is 0 Å². The number of benzene rings is 2. The lowest BCUT2D eigenvalue weighted by molar-refractivity contribution is -0.128. The molecule has 1 aliphatic heterocycles. The summed E-state index contributed by atoms with van der Waals surface area (Å²) in [5, 5.41) is 16.0. The van der Waals surface area contributed by atoms with E-state index in [9.17, 15) is 18.7 Å². The van der Waals surface area contributed by atoms with Gasteiger partial charge in [0, 0.05) is 24.4 Å². The number of thiophene rings is 1. The van der Waals surface area contributed by atoms with Crippen LogP contribution in [0.15, 0.2) is 66.2 Å². The number of hydrogen-bond donors (Lipinski definition) is 1. The molecule has 1 saturated heterocycles. The molecule has 5 rings (SSSR count). The topological polar surface area (TPSA) is 67.6 Å². The number of rotatable bonds is 6. The van der Waals surface area contributed by atoms with E-state index in [1.54, 1.807) is 35.4 Å². The van der Waals surface area contributed by atoms with Gasteiger partial charge in [-0.25, -0.2) is 13.5 Å². The van der Waals surface area contributed by atoms with Crippen molar-refractivity contribution in [3.05, 3.63) is 88.9 Å². The Kier molecular flexibility index (Phi) is 5.65. The molecule has 168 valence electrons. The molecule has 1 atom stereocenters. The van der Waals surface area contributed by atoms with Crippen LogP contribution in [0.1, 0.15) is 17.4 Å².